The second kappa shape index (κ2) is 4.51. The molecule has 93 valence electrons. The average molecular weight is 294 g/mol. The minimum atomic E-state index is -0.0487. The summed E-state index contributed by atoms with van der Waals surface area (Å²) < 4.78 is 1.58. The summed E-state index contributed by atoms with van der Waals surface area (Å²) in [4.78, 5) is 12.5. The van der Waals surface area contributed by atoms with Gasteiger partial charge in [0.2, 0.25) is 0 Å². The zero-order chi connectivity index (χ0) is 13.0. The molecule has 0 aliphatic rings. The number of hydrogen-bond acceptors (Lipinski definition) is 1. The molecule has 0 amide bonds. The van der Waals surface area contributed by atoms with Crippen molar-refractivity contribution in [2.75, 3.05) is 0 Å². The van der Waals surface area contributed by atoms with Gasteiger partial charge < -0.3 is 15.8 Å². The SMILES string of the molecule is [CH-]=Cc1[c-]n2c(=O)c3ccccc3c3cccc1c32.[V+2]. The molecule has 0 spiro atoms. The molecule has 0 unspecified atom stereocenters. The van der Waals surface area contributed by atoms with E-state index in [0.717, 1.165) is 27.2 Å². The summed E-state index contributed by atoms with van der Waals surface area (Å²) in [6.45, 7) is 5.62. The van der Waals surface area contributed by atoms with Crippen LogP contribution in [-0.2, 0) is 18.6 Å². The quantitative estimate of drug-likeness (QED) is 0.390. The molecule has 0 aliphatic carbocycles. The van der Waals surface area contributed by atoms with E-state index in [0.29, 0.717) is 5.39 Å². The van der Waals surface area contributed by atoms with Crippen molar-refractivity contribution < 1.29 is 18.6 Å². The summed E-state index contributed by atoms with van der Waals surface area (Å²) in [7, 11) is 0. The maximum atomic E-state index is 12.5. The van der Waals surface area contributed by atoms with E-state index in [9.17, 15) is 4.79 Å². The first-order valence-corrected chi connectivity index (χ1v) is 6.07. The van der Waals surface area contributed by atoms with Crippen LogP contribution >= 0.6 is 0 Å². The Kier molecular flexibility index (Phi) is 2.93. The van der Waals surface area contributed by atoms with Gasteiger partial charge in [0.05, 0.1) is 0 Å². The van der Waals surface area contributed by atoms with Gasteiger partial charge in [-0.25, -0.2) is 0 Å². The van der Waals surface area contributed by atoms with Gasteiger partial charge in [-0.3, -0.25) is 11.6 Å². The first-order chi connectivity index (χ1) is 9.31. The summed E-state index contributed by atoms with van der Waals surface area (Å²) in [5, 5.41) is 3.69. The van der Waals surface area contributed by atoms with Crippen molar-refractivity contribution in [3.63, 3.8) is 0 Å². The third-order valence-corrected chi connectivity index (χ3v) is 3.60. The smallest absolute Gasteiger partial charge is 0.402 e. The number of rotatable bonds is 1. The van der Waals surface area contributed by atoms with Crippen molar-refractivity contribution in [1.29, 1.82) is 0 Å². The van der Waals surface area contributed by atoms with Crippen LogP contribution in [0.15, 0.2) is 47.3 Å². The Bertz CT molecular complexity index is 1000. The summed E-state index contributed by atoms with van der Waals surface area (Å²) in [5.41, 5.74) is 1.60. The van der Waals surface area contributed by atoms with Crippen molar-refractivity contribution in [1.82, 2.24) is 4.40 Å². The first-order valence-electron chi connectivity index (χ1n) is 6.07. The summed E-state index contributed by atoms with van der Waals surface area (Å²) >= 11 is 0. The molecule has 20 heavy (non-hydrogen) atoms. The van der Waals surface area contributed by atoms with Crippen LogP contribution in [0.3, 0.4) is 0 Å². The maximum Gasteiger partial charge on any atom is 2.00 e. The fourth-order valence-electron chi connectivity index (χ4n) is 2.76. The van der Waals surface area contributed by atoms with Crippen LogP contribution < -0.4 is 5.56 Å². The zero-order valence-corrected chi connectivity index (χ0v) is 11.9. The van der Waals surface area contributed by atoms with E-state index >= 15 is 0 Å². The molecule has 0 N–H and O–H groups in total. The van der Waals surface area contributed by atoms with Gasteiger partial charge in [0.1, 0.15) is 0 Å². The van der Waals surface area contributed by atoms with Gasteiger partial charge in [-0.1, -0.05) is 41.9 Å². The number of pyridine rings is 1. The molecular weight excluding hydrogens is 285 g/mol. The van der Waals surface area contributed by atoms with Crippen LogP contribution in [0.4, 0.5) is 0 Å². The Morgan fingerprint density at radius 3 is 2.35 bits per heavy atom. The molecule has 0 fully saturated rings. The van der Waals surface area contributed by atoms with Gasteiger partial charge in [0.15, 0.2) is 5.56 Å². The molecule has 4 rings (SSSR count). The van der Waals surface area contributed by atoms with E-state index in [2.05, 4.69) is 6.20 Å². The van der Waals surface area contributed by atoms with Crippen LogP contribution in [0.5, 0.6) is 0 Å². The molecule has 2 nitrogen and oxygen atoms in total. The molecule has 0 saturated carbocycles. The second-order valence-electron chi connectivity index (χ2n) is 4.58. The van der Waals surface area contributed by atoms with Gasteiger partial charge in [-0.15, -0.1) is 12.3 Å². The van der Waals surface area contributed by atoms with Crippen LogP contribution in [0, 0.1) is 12.8 Å². The molecular formula is C17H9NOV. The number of fused-ring (bicyclic) bond motifs is 2. The third kappa shape index (κ3) is 1.49. The van der Waals surface area contributed by atoms with E-state index in [-0.39, 0.29) is 24.1 Å². The van der Waals surface area contributed by atoms with E-state index in [1.54, 1.807) is 4.40 Å². The van der Waals surface area contributed by atoms with Crippen molar-refractivity contribution in [3.8, 4) is 0 Å². The molecule has 3 heteroatoms. The van der Waals surface area contributed by atoms with E-state index in [4.69, 9.17) is 6.58 Å². The summed E-state index contributed by atoms with van der Waals surface area (Å²) in [6.07, 6.45) is 4.55. The molecule has 2 aromatic carbocycles. The van der Waals surface area contributed by atoms with E-state index in [1.807, 2.05) is 42.5 Å². The summed E-state index contributed by atoms with van der Waals surface area (Å²) in [6, 6.07) is 13.6. The predicted molar refractivity (Wildman–Crippen MR) is 77.5 cm³/mol. The Morgan fingerprint density at radius 1 is 0.950 bits per heavy atom. The molecule has 2 heterocycles. The van der Waals surface area contributed by atoms with Crippen molar-refractivity contribution in [2.45, 2.75) is 0 Å². The topological polar surface area (TPSA) is 21.5 Å². The van der Waals surface area contributed by atoms with Crippen LogP contribution in [0.2, 0.25) is 0 Å². The molecule has 2 aromatic heterocycles. The van der Waals surface area contributed by atoms with Crippen LogP contribution in [0.1, 0.15) is 5.56 Å². The van der Waals surface area contributed by atoms with Crippen molar-refractivity contribution in [3.05, 3.63) is 71.2 Å². The third-order valence-electron chi connectivity index (χ3n) is 3.60. The largest absolute Gasteiger partial charge is 2.00 e. The number of hydrogen-bond donors (Lipinski definition) is 0. The Balaban J connectivity index is 0.00000121. The van der Waals surface area contributed by atoms with Crippen LogP contribution in [-0.4, -0.2) is 4.40 Å². The number of benzene rings is 2. The van der Waals surface area contributed by atoms with Gasteiger partial charge in [-0.05, 0) is 10.8 Å². The number of nitrogens with zero attached hydrogens (tertiary/aromatic N) is 1. The monoisotopic (exact) mass is 294 g/mol. The number of para-hydroxylation sites is 1. The van der Waals surface area contributed by atoms with Gasteiger partial charge in [0, 0.05) is 5.39 Å². The predicted octanol–water partition coefficient (Wildman–Crippen LogP) is 3.29. The minimum absolute atomic E-state index is 0. The summed E-state index contributed by atoms with van der Waals surface area (Å²) in [5.74, 6) is 0. The van der Waals surface area contributed by atoms with Gasteiger partial charge in [-0.2, -0.15) is 5.39 Å². The van der Waals surface area contributed by atoms with E-state index < -0.39 is 0 Å². The normalized spacial score (nSPS) is 11.0. The Morgan fingerprint density at radius 2 is 1.60 bits per heavy atom. The zero-order valence-electron chi connectivity index (χ0n) is 10.5. The van der Waals surface area contributed by atoms with Crippen LogP contribution in [0.25, 0.3) is 33.1 Å². The Labute approximate surface area is 127 Å². The minimum Gasteiger partial charge on any atom is -0.402 e. The van der Waals surface area contributed by atoms with E-state index in [1.165, 1.54) is 6.08 Å². The molecule has 0 atom stereocenters. The first kappa shape index (κ1) is 13.0. The van der Waals surface area contributed by atoms with Gasteiger partial charge >= 0.3 is 18.6 Å². The fraction of sp³-hybridized carbons (Fsp3) is 0. The van der Waals surface area contributed by atoms with Gasteiger partial charge in [0.25, 0.3) is 0 Å². The number of aromatic nitrogens is 1. The second-order valence-corrected chi connectivity index (χ2v) is 4.58. The molecule has 0 bridgehead atoms. The Hall–Kier alpha value is -2.03. The average Bonchev–Trinajstić information content (AvgIpc) is 2.85. The van der Waals surface area contributed by atoms with Crippen molar-refractivity contribution >= 4 is 33.1 Å². The maximum absolute atomic E-state index is 12.5. The fourth-order valence-corrected chi connectivity index (χ4v) is 2.76. The molecule has 4 aromatic rings. The molecule has 0 aliphatic heterocycles. The standard InChI is InChI=1S/C17H9NO.V/c1-2-11-10-18-16-12(11)8-5-9-14(16)13-6-3-4-7-15(13)17(18)19;/h1-9H;/q-2;+2. The molecule has 0 saturated heterocycles. The van der Waals surface area contributed by atoms with Crippen molar-refractivity contribution in [2.24, 2.45) is 0 Å². The molecule has 1 radical (unpaired) electrons.